The Hall–Kier alpha value is -4.05. The number of hydrogen-bond acceptors (Lipinski definition) is 9. The fourth-order valence-corrected chi connectivity index (χ4v) is 5.94. The third kappa shape index (κ3) is 4.24. The van der Waals surface area contributed by atoms with Crippen LogP contribution in [0.5, 0.6) is 5.88 Å². The average molecular weight is 510 g/mol. The zero-order chi connectivity index (χ0) is 25.6. The van der Waals surface area contributed by atoms with Crippen molar-refractivity contribution in [2.75, 3.05) is 30.4 Å². The molecule has 2 bridgehead atoms. The Bertz CT molecular complexity index is 1440. The van der Waals surface area contributed by atoms with Crippen molar-refractivity contribution >= 4 is 17.5 Å². The molecule has 3 fully saturated rings. The number of piperidine rings is 1. The normalized spacial score (nSPS) is 20.2. The molecule has 7 heterocycles. The summed E-state index contributed by atoms with van der Waals surface area (Å²) in [6.45, 7) is 4.89. The van der Waals surface area contributed by atoms with Gasteiger partial charge in [0.25, 0.3) is 0 Å². The van der Waals surface area contributed by atoms with E-state index in [1.165, 1.54) is 17.5 Å². The molecule has 2 unspecified atom stereocenters. The van der Waals surface area contributed by atoms with Gasteiger partial charge in [-0.1, -0.05) is 6.07 Å². The van der Waals surface area contributed by atoms with Crippen molar-refractivity contribution in [1.82, 2.24) is 35.0 Å². The number of nitrogens with zero attached hydrogens (tertiary/aromatic N) is 7. The maximum absolute atomic E-state index is 5.19. The van der Waals surface area contributed by atoms with E-state index >= 15 is 0 Å². The predicted molar refractivity (Wildman–Crippen MR) is 145 cm³/mol. The molecule has 194 valence electrons. The van der Waals surface area contributed by atoms with Crippen LogP contribution >= 0.6 is 0 Å². The molecule has 3 saturated heterocycles. The first-order chi connectivity index (χ1) is 18.6. The maximum atomic E-state index is 5.19. The van der Waals surface area contributed by atoms with Crippen LogP contribution in [0.1, 0.15) is 35.4 Å². The molecule has 3 aliphatic heterocycles. The standard InChI is InChI=1S/C28H31N9O/c1-17-10-24(35-34-17)32-28-22-4-3-5-23(22)31-27(33-28)19-7-8-25(29-13-19)36-15-20-11-21(16-36)37(20)14-18-6-9-26(38-2)30-12-18/h6-10,12-13,20-21H,3-5,11,14-16H2,1-2H3,(H2,31,32,33,34,35). The number of piperazine rings is 1. The van der Waals surface area contributed by atoms with Gasteiger partial charge in [-0.05, 0) is 50.3 Å². The lowest BCUT2D eigenvalue weighted by Crippen LogP contribution is -2.68. The highest BCUT2D eigenvalue weighted by atomic mass is 16.5. The number of H-pyrrole nitrogens is 1. The van der Waals surface area contributed by atoms with Gasteiger partial charge in [0.15, 0.2) is 11.6 Å². The first-order valence-corrected chi connectivity index (χ1v) is 13.3. The summed E-state index contributed by atoms with van der Waals surface area (Å²) in [5.74, 6) is 4.00. The van der Waals surface area contributed by atoms with E-state index in [1.807, 2.05) is 31.5 Å². The second-order valence-electron chi connectivity index (χ2n) is 10.5. The van der Waals surface area contributed by atoms with Gasteiger partial charge >= 0.3 is 0 Å². The van der Waals surface area contributed by atoms with E-state index < -0.39 is 0 Å². The molecular weight excluding hydrogens is 478 g/mol. The van der Waals surface area contributed by atoms with Crippen molar-refractivity contribution in [1.29, 1.82) is 0 Å². The SMILES string of the molecule is COc1ccc(CN2C3CC2CN(c2ccc(-c4nc5c(c(Nc6cc(C)[nH]n6)n4)CCC5)cn2)C3)cn1. The molecule has 10 nitrogen and oxygen atoms in total. The maximum Gasteiger partial charge on any atom is 0.212 e. The zero-order valence-electron chi connectivity index (χ0n) is 21.7. The first kappa shape index (κ1) is 23.1. The van der Waals surface area contributed by atoms with E-state index in [0.29, 0.717) is 23.8 Å². The minimum atomic E-state index is 0.539. The number of pyridine rings is 2. The van der Waals surface area contributed by atoms with Gasteiger partial charge in [-0.15, -0.1) is 0 Å². The number of aromatic amines is 1. The minimum Gasteiger partial charge on any atom is -0.481 e. The number of fused-ring (bicyclic) bond motifs is 3. The fourth-order valence-electron chi connectivity index (χ4n) is 5.94. The predicted octanol–water partition coefficient (Wildman–Crippen LogP) is 3.67. The smallest absolute Gasteiger partial charge is 0.212 e. The summed E-state index contributed by atoms with van der Waals surface area (Å²) in [5.41, 5.74) is 5.48. The lowest BCUT2D eigenvalue weighted by Gasteiger charge is -2.56. The average Bonchev–Trinajstić information content (AvgIpc) is 3.61. The molecule has 4 aliphatic rings. The van der Waals surface area contributed by atoms with E-state index in [0.717, 1.165) is 73.3 Å². The Balaban J connectivity index is 1.05. The van der Waals surface area contributed by atoms with E-state index in [4.69, 9.17) is 19.7 Å². The highest BCUT2D eigenvalue weighted by molar-refractivity contribution is 5.64. The summed E-state index contributed by atoms with van der Waals surface area (Å²) in [6, 6.07) is 11.3. The van der Waals surface area contributed by atoms with E-state index in [-0.39, 0.29) is 0 Å². The van der Waals surface area contributed by atoms with Gasteiger partial charge in [-0.25, -0.2) is 19.9 Å². The Morgan fingerprint density at radius 1 is 1.05 bits per heavy atom. The zero-order valence-corrected chi connectivity index (χ0v) is 21.7. The molecule has 0 amide bonds. The second kappa shape index (κ2) is 9.36. The van der Waals surface area contributed by atoms with Crippen molar-refractivity contribution in [3.05, 3.63) is 65.2 Å². The number of aromatic nitrogens is 6. The van der Waals surface area contributed by atoms with E-state index in [2.05, 4.69) is 48.5 Å². The van der Waals surface area contributed by atoms with Crippen molar-refractivity contribution in [2.24, 2.45) is 0 Å². The van der Waals surface area contributed by atoms with Crippen LogP contribution < -0.4 is 15.0 Å². The van der Waals surface area contributed by atoms with Crippen LogP contribution in [0.4, 0.5) is 17.5 Å². The third-order valence-corrected chi connectivity index (χ3v) is 7.93. The molecule has 4 aromatic heterocycles. The Morgan fingerprint density at radius 3 is 2.66 bits per heavy atom. The molecular formula is C28H31N9O. The van der Waals surface area contributed by atoms with E-state index in [9.17, 15) is 0 Å². The van der Waals surface area contributed by atoms with Crippen LogP contribution in [0.2, 0.25) is 0 Å². The number of rotatable bonds is 7. The summed E-state index contributed by atoms with van der Waals surface area (Å²) >= 11 is 0. The minimum absolute atomic E-state index is 0.539. The monoisotopic (exact) mass is 509 g/mol. The van der Waals surface area contributed by atoms with Crippen molar-refractivity contribution in [3.8, 4) is 17.3 Å². The van der Waals surface area contributed by atoms with Crippen molar-refractivity contribution in [2.45, 2.75) is 51.2 Å². The number of methoxy groups -OCH3 is 1. The molecule has 0 aromatic carbocycles. The molecule has 38 heavy (non-hydrogen) atoms. The summed E-state index contributed by atoms with van der Waals surface area (Å²) in [5, 5.41) is 10.7. The Labute approximate surface area is 221 Å². The number of nitrogens with one attached hydrogen (secondary N) is 2. The molecule has 8 rings (SSSR count). The van der Waals surface area contributed by atoms with Gasteiger partial charge in [-0.2, -0.15) is 5.10 Å². The number of ether oxygens (including phenoxy) is 1. The van der Waals surface area contributed by atoms with Gasteiger partial charge in [0.2, 0.25) is 5.88 Å². The first-order valence-electron chi connectivity index (χ1n) is 13.3. The summed E-state index contributed by atoms with van der Waals surface area (Å²) in [7, 11) is 1.65. The van der Waals surface area contributed by atoms with Crippen LogP contribution in [0, 0.1) is 6.92 Å². The number of hydrogen-bond donors (Lipinski definition) is 2. The highest BCUT2D eigenvalue weighted by Crippen LogP contribution is 2.36. The largest absolute Gasteiger partial charge is 0.481 e. The van der Waals surface area contributed by atoms with Gasteiger partial charge in [0.1, 0.15) is 11.6 Å². The van der Waals surface area contributed by atoms with Gasteiger partial charge in [-0.3, -0.25) is 10.00 Å². The third-order valence-electron chi connectivity index (χ3n) is 7.93. The van der Waals surface area contributed by atoms with Gasteiger partial charge in [0, 0.05) is 78.8 Å². The summed E-state index contributed by atoms with van der Waals surface area (Å²) in [4.78, 5) is 24.0. The Kier molecular flexibility index (Phi) is 5.69. The molecule has 1 aliphatic carbocycles. The van der Waals surface area contributed by atoms with E-state index in [1.54, 1.807) is 7.11 Å². The Morgan fingerprint density at radius 2 is 1.95 bits per heavy atom. The second-order valence-corrected chi connectivity index (χ2v) is 10.5. The molecule has 2 atom stereocenters. The highest BCUT2D eigenvalue weighted by Gasteiger charge is 2.44. The molecule has 2 N–H and O–H groups in total. The lowest BCUT2D eigenvalue weighted by atomic mass is 9.87. The molecule has 0 radical (unpaired) electrons. The van der Waals surface area contributed by atoms with Gasteiger partial charge < -0.3 is 15.0 Å². The quantitative estimate of drug-likeness (QED) is 0.386. The number of anilines is 3. The topological polar surface area (TPSA) is 108 Å². The van der Waals surface area contributed by atoms with Crippen LogP contribution in [-0.2, 0) is 19.4 Å². The van der Waals surface area contributed by atoms with Crippen LogP contribution in [0.15, 0.2) is 42.7 Å². The van der Waals surface area contributed by atoms with Crippen LogP contribution in [0.25, 0.3) is 11.4 Å². The van der Waals surface area contributed by atoms with Crippen molar-refractivity contribution < 1.29 is 4.74 Å². The molecule has 4 aromatic rings. The fraction of sp³-hybridized carbons (Fsp3) is 0.393. The molecule has 0 saturated carbocycles. The lowest BCUT2D eigenvalue weighted by molar-refractivity contribution is -0.00876. The molecule has 10 heteroatoms. The number of aryl methyl sites for hydroxylation is 2. The van der Waals surface area contributed by atoms with Crippen molar-refractivity contribution in [3.63, 3.8) is 0 Å². The van der Waals surface area contributed by atoms with Gasteiger partial charge in [0.05, 0.1) is 7.11 Å². The summed E-state index contributed by atoms with van der Waals surface area (Å²) < 4.78 is 5.19. The van der Waals surface area contributed by atoms with Crippen LogP contribution in [0.3, 0.4) is 0 Å². The summed E-state index contributed by atoms with van der Waals surface area (Å²) in [6.07, 6.45) is 8.14. The molecule has 0 spiro atoms. The van der Waals surface area contributed by atoms with Crippen LogP contribution in [-0.4, -0.2) is 67.3 Å².